The number of carbonyl (C=O) groups excluding carboxylic acids is 1. The average Bonchev–Trinajstić information content (AvgIpc) is 2.45. The monoisotopic (exact) mass is 276 g/mol. The van der Waals surface area contributed by atoms with Gasteiger partial charge >= 0.3 is 0 Å². The summed E-state index contributed by atoms with van der Waals surface area (Å²) in [7, 11) is 0. The summed E-state index contributed by atoms with van der Waals surface area (Å²) in [5.74, 6) is 0.134. The van der Waals surface area contributed by atoms with Crippen molar-refractivity contribution < 1.29 is 9.53 Å². The number of rotatable bonds is 3. The van der Waals surface area contributed by atoms with Crippen LogP contribution in [0.15, 0.2) is 24.3 Å². The van der Waals surface area contributed by atoms with Crippen LogP contribution >= 0.6 is 0 Å². The minimum absolute atomic E-state index is 0.117. The molecule has 0 radical (unpaired) electrons. The number of morpholine rings is 1. The van der Waals surface area contributed by atoms with Gasteiger partial charge in [-0.3, -0.25) is 4.79 Å². The fourth-order valence-electron chi connectivity index (χ4n) is 2.20. The van der Waals surface area contributed by atoms with Crippen molar-refractivity contribution in [2.75, 3.05) is 38.2 Å². The van der Waals surface area contributed by atoms with E-state index in [1.807, 2.05) is 17.0 Å². The molecule has 110 valence electrons. The molecule has 4 nitrogen and oxygen atoms in total. The first-order chi connectivity index (χ1) is 9.47. The Balaban J connectivity index is 1.92. The summed E-state index contributed by atoms with van der Waals surface area (Å²) in [4.78, 5) is 13.9. The molecule has 0 atom stereocenters. The van der Waals surface area contributed by atoms with Crippen LogP contribution in [-0.4, -0.2) is 43.7 Å². The normalized spacial score (nSPS) is 16.1. The number of ether oxygens (including phenoxy) is 1. The zero-order chi connectivity index (χ0) is 14.6. The van der Waals surface area contributed by atoms with E-state index in [-0.39, 0.29) is 11.3 Å². The molecule has 1 saturated heterocycles. The lowest BCUT2D eigenvalue weighted by Crippen LogP contribution is -2.43. The van der Waals surface area contributed by atoms with Gasteiger partial charge in [-0.25, -0.2) is 0 Å². The highest BCUT2D eigenvalue weighted by atomic mass is 16.5. The van der Waals surface area contributed by atoms with Crippen LogP contribution < -0.4 is 5.32 Å². The highest BCUT2D eigenvalue weighted by molar-refractivity contribution is 5.81. The Hall–Kier alpha value is -1.55. The second kappa shape index (κ2) is 6.27. The van der Waals surface area contributed by atoms with Crippen LogP contribution in [0.5, 0.6) is 0 Å². The van der Waals surface area contributed by atoms with Crippen molar-refractivity contribution in [3.05, 3.63) is 29.8 Å². The van der Waals surface area contributed by atoms with Gasteiger partial charge in [0.05, 0.1) is 19.8 Å². The van der Waals surface area contributed by atoms with Gasteiger partial charge in [-0.1, -0.05) is 32.9 Å². The van der Waals surface area contributed by atoms with Gasteiger partial charge in [0.2, 0.25) is 5.91 Å². The van der Waals surface area contributed by atoms with Crippen molar-refractivity contribution in [2.24, 2.45) is 0 Å². The van der Waals surface area contributed by atoms with Gasteiger partial charge in [-0.05, 0) is 23.1 Å². The van der Waals surface area contributed by atoms with Crippen molar-refractivity contribution in [3.63, 3.8) is 0 Å². The van der Waals surface area contributed by atoms with Crippen molar-refractivity contribution in [1.29, 1.82) is 0 Å². The van der Waals surface area contributed by atoms with E-state index in [0.717, 1.165) is 5.69 Å². The Bertz CT molecular complexity index is 460. The molecule has 20 heavy (non-hydrogen) atoms. The number of benzene rings is 1. The predicted octanol–water partition coefficient (Wildman–Crippen LogP) is 2.25. The molecule has 0 unspecified atom stereocenters. The molecule has 0 bridgehead atoms. The van der Waals surface area contributed by atoms with Gasteiger partial charge < -0.3 is 15.0 Å². The zero-order valence-electron chi connectivity index (χ0n) is 12.6. The number of hydrogen-bond donors (Lipinski definition) is 1. The van der Waals surface area contributed by atoms with Crippen LogP contribution in [0.1, 0.15) is 26.3 Å². The molecule has 0 saturated carbocycles. The maximum absolute atomic E-state index is 12.1. The van der Waals surface area contributed by atoms with Crippen LogP contribution in [0.2, 0.25) is 0 Å². The van der Waals surface area contributed by atoms with E-state index in [0.29, 0.717) is 32.8 Å². The Kier molecular flexibility index (Phi) is 4.65. The average molecular weight is 276 g/mol. The van der Waals surface area contributed by atoms with Crippen LogP contribution in [0.4, 0.5) is 5.69 Å². The topological polar surface area (TPSA) is 41.6 Å². The summed E-state index contributed by atoms with van der Waals surface area (Å²) in [5.41, 5.74) is 2.38. The summed E-state index contributed by atoms with van der Waals surface area (Å²) >= 11 is 0. The summed E-state index contributed by atoms with van der Waals surface area (Å²) in [6.07, 6.45) is 0. The van der Waals surface area contributed by atoms with Gasteiger partial charge in [0.25, 0.3) is 0 Å². The second-order valence-electron chi connectivity index (χ2n) is 6.18. The third-order valence-corrected chi connectivity index (χ3v) is 3.54. The first-order valence-electron chi connectivity index (χ1n) is 7.17. The Labute approximate surface area is 121 Å². The lowest BCUT2D eigenvalue weighted by Gasteiger charge is -2.27. The molecular formula is C16H24N2O2. The lowest BCUT2D eigenvalue weighted by molar-refractivity contribution is -0.133. The molecule has 1 N–H and O–H groups in total. The summed E-state index contributed by atoms with van der Waals surface area (Å²) in [5, 5.41) is 3.22. The van der Waals surface area contributed by atoms with Crippen LogP contribution in [0.25, 0.3) is 0 Å². The van der Waals surface area contributed by atoms with E-state index >= 15 is 0 Å². The van der Waals surface area contributed by atoms with E-state index in [1.54, 1.807) is 0 Å². The highest BCUT2D eigenvalue weighted by Crippen LogP contribution is 2.24. The molecule has 1 amide bonds. The number of amides is 1. The number of carbonyl (C=O) groups is 1. The van der Waals surface area contributed by atoms with E-state index in [2.05, 4.69) is 38.2 Å². The molecule has 0 spiro atoms. The first-order valence-corrected chi connectivity index (χ1v) is 7.17. The lowest BCUT2D eigenvalue weighted by atomic mass is 9.87. The quantitative estimate of drug-likeness (QED) is 0.920. The van der Waals surface area contributed by atoms with Crippen molar-refractivity contribution >= 4 is 11.6 Å². The number of hydrogen-bond acceptors (Lipinski definition) is 3. The van der Waals surface area contributed by atoms with Gasteiger partial charge in [-0.2, -0.15) is 0 Å². The van der Waals surface area contributed by atoms with Crippen molar-refractivity contribution in [2.45, 2.75) is 26.2 Å². The highest BCUT2D eigenvalue weighted by Gasteiger charge is 2.17. The van der Waals surface area contributed by atoms with E-state index in [4.69, 9.17) is 4.74 Å². The molecule has 1 aromatic rings. The summed E-state index contributed by atoms with van der Waals surface area (Å²) in [6.45, 7) is 9.58. The number of nitrogens with one attached hydrogen (secondary N) is 1. The Morgan fingerprint density at radius 2 is 2.00 bits per heavy atom. The molecule has 0 aliphatic carbocycles. The molecule has 4 heteroatoms. The smallest absolute Gasteiger partial charge is 0.242 e. The molecule has 1 aliphatic rings. The molecule has 1 aliphatic heterocycles. The number of anilines is 1. The molecule has 2 rings (SSSR count). The standard InChI is InChI=1S/C16H24N2O2/c1-16(2,3)13-5-4-6-14(11-13)17-12-15(19)18-7-9-20-10-8-18/h4-6,11,17H,7-10,12H2,1-3H3. The Morgan fingerprint density at radius 3 is 2.65 bits per heavy atom. The zero-order valence-corrected chi connectivity index (χ0v) is 12.6. The summed E-state index contributed by atoms with van der Waals surface area (Å²) < 4.78 is 5.25. The van der Waals surface area contributed by atoms with Crippen LogP contribution in [-0.2, 0) is 14.9 Å². The predicted molar refractivity (Wildman–Crippen MR) is 81.0 cm³/mol. The maximum atomic E-state index is 12.1. The van der Waals surface area contributed by atoms with E-state index < -0.39 is 0 Å². The van der Waals surface area contributed by atoms with Crippen molar-refractivity contribution in [1.82, 2.24) is 4.90 Å². The minimum atomic E-state index is 0.117. The maximum Gasteiger partial charge on any atom is 0.242 e. The Morgan fingerprint density at radius 1 is 1.30 bits per heavy atom. The SMILES string of the molecule is CC(C)(C)c1cccc(NCC(=O)N2CCOCC2)c1. The van der Waals surface area contributed by atoms with Gasteiger partial charge in [0.1, 0.15) is 0 Å². The van der Waals surface area contributed by atoms with Gasteiger partial charge in [0, 0.05) is 18.8 Å². The van der Waals surface area contributed by atoms with Crippen molar-refractivity contribution in [3.8, 4) is 0 Å². The largest absolute Gasteiger partial charge is 0.378 e. The number of nitrogens with zero attached hydrogens (tertiary/aromatic N) is 1. The third kappa shape index (κ3) is 3.97. The molecular weight excluding hydrogens is 252 g/mol. The fourth-order valence-corrected chi connectivity index (χ4v) is 2.20. The van der Waals surface area contributed by atoms with Gasteiger partial charge in [-0.15, -0.1) is 0 Å². The van der Waals surface area contributed by atoms with Gasteiger partial charge in [0.15, 0.2) is 0 Å². The van der Waals surface area contributed by atoms with E-state index in [9.17, 15) is 4.79 Å². The van der Waals surface area contributed by atoms with E-state index in [1.165, 1.54) is 5.56 Å². The molecule has 1 fully saturated rings. The molecule has 1 aromatic carbocycles. The first kappa shape index (κ1) is 14.9. The molecule has 0 aromatic heterocycles. The van der Waals surface area contributed by atoms with Crippen LogP contribution in [0, 0.1) is 0 Å². The fraction of sp³-hybridized carbons (Fsp3) is 0.562. The van der Waals surface area contributed by atoms with Crippen LogP contribution in [0.3, 0.4) is 0 Å². The molecule has 1 heterocycles. The third-order valence-electron chi connectivity index (χ3n) is 3.54. The second-order valence-corrected chi connectivity index (χ2v) is 6.18. The minimum Gasteiger partial charge on any atom is -0.378 e. The summed E-state index contributed by atoms with van der Waals surface area (Å²) in [6, 6.07) is 8.27.